The molecule has 0 aliphatic rings. The van der Waals surface area contributed by atoms with Crippen molar-refractivity contribution in [3.8, 4) is 0 Å². The van der Waals surface area contributed by atoms with E-state index in [1.165, 1.54) is 0 Å². The fraction of sp³-hybridized carbons (Fsp3) is 0.933. The molecule has 0 unspecified atom stereocenters. The molecule has 21 heavy (non-hydrogen) atoms. The van der Waals surface area contributed by atoms with Gasteiger partial charge in [-0.05, 0) is 41.5 Å². The van der Waals surface area contributed by atoms with Gasteiger partial charge in [0.1, 0.15) is 5.60 Å². The van der Waals surface area contributed by atoms with Crippen molar-refractivity contribution < 1.29 is 19.0 Å². The number of carbonyl (C=O) groups is 1. The van der Waals surface area contributed by atoms with Crippen LogP contribution in [-0.4, -0.2) is 61.7 Å². The van der Waals surface area contributed by atoms with Gasteiger partial charge in [0, 0.05) is 18.6 Å². The molecule has 0 fully saturated rings. The summed E-state index contributed by atoms with van der Waals surface area (Å²) < 4.78 is 16.1. The molecule has 0 radical (unpaired) electrons. The minimum Gasteiger partial charge on any atom is -0.444 e. The van der Waals surface area contributed by atoms with Crippen LogP contribution in [0.5, 0.6) is 0 Å². The topological polar surface area (TPSA) is 74.0 Å². The maximum atomic E-state index is 12.2. The third kappa shape index (κ3) is 10.5. The molecular weight excluding hydrogens is 272 g/mol. The van der Waals surface area contributed by atoms with Gasteiger partial charge in [0.05, 0.1) is 26.4 Å². The number of rotatable bonds is 8. The van der Waals surface area contributed by atoms with Gasteiger partial charge < -0.3 is 24.8 Å². The lowest BCUT2D eigenvalue weighted by Gasteiger charge is -2.36. The van der Waals surface area contributed by atoms with Crippen LogP contribution in [0.4, 0.5) is 4.79 Å². The second kappa shape index (κ2) is 9.23. The Kier molecular flexibility index (Phi) is 8.85. The molecule has 0 heterocycles. The quantitative estimate of drug-likeness (QED) is 0.694. The average molecular weight is 304 g/mol. The summed E-state index contributed by atoms with van der Waals surface area (Å²) in [6.45, 7) is 14.5. The third-order valence-corrected chi connectivity index (χ3v) is 2.52. The Morgan fingerprint density at radius 3 is 1.90 bits per heavy atom. The van der Waals surface area contributed by atoms with Crippen LogP contribution in [0.2, 0.25) is 0 Å². The van der Waals surface area contributed by atoms with Crippen molar-refractivity contribution in [2.75, 3.05) is 39.5 Å². The lowest BCUT2D eigenvalue weighted by atomic mass is 10.1. The van der Waals surface area contributed by atoms with E-state index in [0.717, 1.165) is 0 Å². The lowest BCUT2D eigenvalue weighted by molar-refractivity contribution is -0.00806. The third-order valence-electron chi connectivity index (χ3n) is 2.52. The van der Waals surface area contributed by atoms with Crippen LogP contribution in [-0.2, 0) is 14.2 Å². The zero-order valence-electron chi connectivity index (χ0n) is 14.4. The van der Waals surface area contributed by atoms with Gasteiger partial charge in [-0.15, -0.1) is 0 Å². The van der Waals surface area contributed by atoms with E-state index in [-0.39, 0.29) is 11.6 Å². The van der Waals surface area contributed by atoms with Crippen LogP contribution in [0.25, 0.3) is 0 Å². The van der Waals surface area contributed by atoms with E-state index in [4.69, 9.17) is 19.9 Å². The van der Waals surface area contributed by atoms with E-state index >= 15 is 0 Å². The molecule has 6 nitrogen and oxygen atoms in total. The Bertz CT molecular complexity index is 295. The number of nitrogens with zero attached hydrogens (tertiary/aromatic N) is 1. The first kappa shape index (κ1) is 20.1. The zero-order chi connectivity index (χ0) is 16.5. The van der Waals surface area contributed by atoms with Gasteiger partial charge in [-0.25, -0.2) is 4.79 Å². The van der Waals surface area contributed by atoms with Crippen molar-refractivity contribution in [1.82, 2.24) is 4.90 Å². The van der Waals surface area contributed by atoms with Gasteiger partial charge >= 0.3 is 6.09 Å². The van der Waals surface area contributed by atoms with Crippen molar-refractivity contribution in [3.05, 3.63) is 0 Å². The molecule has 0 aromatic rings. The van der Waals surface area contributed by atoms with Crippen LogP contribution in [0.15, 0.2) is 0 Å². The molecule has 0 bridgehead atoms. The fourth-order valence-corrected chi connectivity index (χ4v) is 1.58. The zero-order valence-corrected chi connectivity index (χ0v) is 14.4. The summed E-state index contributed by atoms with van der Waals surface area (Å²) in [6.07, 6.45) is -0.321. The summed E-state index contributed by atoms with van der Waals surface area (Å²) in [4.78, 5) is 13.9. The minimum atomic E-state index is -0.502. The molecule has 0 aromatic carbocycles. The van der Waals surface area contributed by atoms with Crippen LogP contribution >= 0.6 is 0 Å². The Hall–Kier alpha value is -0.850. The van der Waals surface area contributed by atoms with Crippen LogP contribution in [0.1, 0.15) is 41.5 Å². The summed E-state index contributed by atoms with van der Waals surface area (Å²) >= 11 is 0. The van der Waals surface area contributed by atoms with E-state index in [2.05, 4.69) is 0 Å². The summed E-state index contributed by atoms with van der Waals surface area (Å²) in [6, 6.07) is 0. The second-order valence-electron chi connectivity index (χ2n) is 6.82. The first-order chi connectivity index (χ1) is 9.58. The Labute approximate surface area is 128 Å². The van der Waals surface area contributed by atoms with Crippen LogP contribution in [0.3, 0.4) is 0 Å². The Balaban J connectivity index is 4.18. The standard InChI is InChI=1S/C15H32N2O4/c1-14(2,3)17(13(18)21-15(4,5)6)8-10-20-12-11-19-9-7-16/h7-12,16H2,1-6H3. The lowest BCUT2D eigenvalue weighted by Crippen LogP contribution is -2.49. The first-order valence-corrected chi connectivity index (χ1v) is 7.44. The normalized spacial score (nSPS) is 12.3. The van der Waals surface area contributed by atoms with E-state index in [9.17, 15) is 4.79 Å². The number of amides is 1. The number of carbonyl (C=O) groups excluding carboxylic acids is 1. The average Bonchev–Trinajstić information content (AvgIpc) is 2.28. The minimum absolute atomic E-state index is 0.318. The largest absolute Gasteiger partial charge is 0.444 e. The summed E-state index contributed by atoms with van der Waals surface area (Å²) in [5.41, 5.74) is 4.50. The monoisotopic (exact) mass is 304 g/mol. The molecule has 0 saturated carbocycles. The highest BCUT2D eigenvalue weighted by Crippen LogP contribution is 2.18. The van der Waals surface area contributed by atoms with Crippen molar-refractivity contribution in [2.24, 2.45) is 5.73 Å². The highest BCUT2D eigenvalue weighted by molar-refractivity contribution is 5.69. The summed E-state index contributed by atoms with van der Waals surface area (Å²) in [5, 5.41) is 0. The van der Waals surface area contributed by atoms with E-state index < -0.39 is 5.60 Å². The van der Waals surface area contributed by atoms with Crippen LogP contribution in [0, 0.1) is 0 Å². The SMILES string of the molecule is CC(C)(C)OC(=O)N(CCOCCOCCN)C(C)(C)C. The number of ether oxygens (including phenoxy) is 3. The molecular formula is C15H32N2O4. The first-order valence-electron chi connectivity index (χ1n) is 7.44. The molecule has 0 spiro atoms. The van der Waals surface area contributed by atoms with Crippen molar-refractivity contribution in [1.29, 1.82) is 0 Å². The van der Waals surface area contributed by atoms with E-state index in [0.29, 0.717) is 39.5 Å². The van der Waals surface area contributed by atoms with E-state index in [1.807, 2.05) is 41.5 Å². The van der Waals surface area contributed by atoms with Crippen LogP contribution < -0.4 is 5.73 Å². The molecule has 0 rings (SSSR count). The molecule has 6 heteroatoms. The van der Waals surface area contributed by atoms with E-state index in [1.54, 1.807) is 4.90 Å². The maximum Gasteiger partial charge on any atom is 0.410 e. The summed E-state index contributed by atoms with van der Waals surface area (Å²) in [7, 11) is 0. The number of nitrogens with two attached hydrogens (primary N) is 1. The molecule has 126 valence electrons. The molecule has 0 aromatic heterocycles. The summed E-state index contributed by atoms with van der Waals surface area (Å²) in [5.74, 6) is 0. The smallest absolute Gasteiger partial charge is 0.410 e. The number of hydrogen-bond donors (Lipinski definition) is 1. The van der Waals surface area contributed by atoms with Gasteiger partial charge in [-0.2, -0.15) is 0 Å². The predicted octanol–water partition coefficient (Wildman–Crippen LogP) is 2.01. The number of hydrogen-bond acceptors (Lipinski definition) is 5. The molecule has 0 aliphatic heterocycles. The molecule has 0 saturated heterocycles. The Morgan fingerprint density at radius 1 is 0.952 bits per heavy atom. The molecule has 0 aliphatic carbocycles. The highest BCUT2D eigenvalue weighted by Gasteiger charge is 2.30. The fourth-order valence-electron chi connectivity index (χ4n) is 1.58. The van der Waals surface area contributed by atoms with Gasteiger partial charge in [0.2, 0.25) is 0 Å². The van der Waals surface area contributed by atoms with Gasteiger partial charge in [0.25, 0.3) is 0 Å². The molecule has 0 atom stereocenters. The van der Waals surface area contributed by atoms with Gasteiger partial charge in [-0.1, -0.05) is 0 Å². The molecule has 1 amide bonds. The highest BCUT2D eigenvalue weighted by atomic mass is 16.6. The maximum absolute atomic E-state index is 12.2. The predicted molar refractivity (Wildman–Crippen MR) is 83.4 cm³/mol. The van der Waals surface area contributed by atoms with Crippen molar-refractivity contribution in [3.63, 3.8) is 0 Å². The van der Waals surface area contributed by atoms with Crippen molar-refractivity contribution in [2.45, 2.75) is 52.7 Å². The van der Waals surface area contributed by atoms with Gasteiger partial charge in [0.15, 0.2) is 0 Å². The van der Waals surface area contributed by atoms with Gasteiger partial charge in [-0.3, -0.25) is 0 Å². The van der Waals surface area contributed by atoms with Crippen molar-refractivity contribution >= 4 is 6.09 Å². The molecule has 2 N–H and O–H groups in total. The Morgan fingerprint density at radius 2 is 1.48 bits per heavy atom. The second-order valence-corrected chi connectivity index (χ2v) is 6.82.